The highest BCUT2D eigenvalue weighted by molar-refractivity contribution is 6.34. The molecule has 0 saturated carbocycles. The number of anilines is 2. The Balaban J connectivity index is 1.78. The van der Waals surface area contributed by atoms with Gasteiger partial charge in [0.05, 0.1) is 42.8 Å². The Morgan fingerprint density at radius 3 is 2.42 bits per heavy atom. The van der Waals surface area contributed by atoms with Gasteiger partial charge in [-0.3, -0.25) is 4.79 Å². The number of amides is 1. The number of nitrogens with one attached hydrogen (secondary N) is 1. The van der Waals surface area contributed by atoms with Crippen molar-refractivity contribution in [1.29, 1.82) is 0 Å². The van der Waals surface area contributed by atoms with Crippen LogP contribution >= 0.6 is 23.2 Å². The molecule has 1 heterocycles. The van der Waals surface area contributed by atoms with Gasteiger partial charge in [-0.15, -0.1) is 0 Å². The molecule has 1 amide bonds. The van der Waals surface area contributed by atoms with E-state index in [1.165, 1.54) is 0 Å². The van der Waals surface area contributed by atoms with Crippen molar-refractivity contribution in [2.75, 3.05) is 56.3 Å². The molecule has 0 spiro atoms. The van der Waals surface area contributed by atoms with Crippen molar-refractivity contribution in [3.63, 3.8) is 0 Å². The van der Waals surface area contributed by atoms with Gasteiger partial charge in [0.15, 0.2) is 6.61 Å². The Morgan fingerprint density at radius 1 is 1.00 bits per heavy atom. The fourth-order valence-electron chi connectivity index (χ4n) is 3.16. The minimum absolute atomic E-state index is 0.235. The molecule has 31 heavy (non-hydrogen) atoms. The number of ether oxygens (including phenoxy) is 4. The molecule has 0 radical (unpaired) electrons. The van der Waals surface area contributed by atoms with Gasteiger partial charge in [0.25, 0.3) is 5.91 Å². The minimum Gasteiger partial charge on any atom is -0.492 e. The summed E-state index contributed by atoms with van der Waals surface area (Å²) in [5.41, 5.74) is 1.42. The van der Waals surface area contributed by atoms with E-state index in [-0.39, 0.29) is 12.5 Å². The first kappa shape index (κ1) is 23.3. The van der Waals surface area contributed by atoms with Gasteiger partial charge in [-0.25, -0.2) is 0 Å². The standard InChI is InChI=1S/C22H26Cl2N2O5/c1-3-29-20-13-18(26-7-9-28-10-8-26)21(30-4-2)12-17(20)25-22(27)14-31-19-11-15(23)5-6-16(19)24/h5-6,11-13H,3-4,7-10,14H2,1-2H3,(H,25,27). The highest BCUT2D eigenvalue weighted by Crippen LogP contribution is 2.39. The number of hydrogen-bond donors (Lipinski definition) is 1. The van der Waals surface area contributed by atoms with Gasteiger partial charge in [0, 0.05) is 36.3 Å². The molecule has 3 rings (SSSR count). The molecule has 0 unspecified atom stereocenters. The molecule has 1 aliphatic rings. The molecule has 2 aromatic carbocycles. The molecule has 1 saturated heterocycles. The van der Waals surface area contributed by atoms with Crippen LogP contribution in [0.15, 0.2) is 30.3 Å². The van der Waals surface area contributed by atoms with E-state index in [1.807, 2.05) is 19.9 Å². The summed E-state index contributed by atoms with van der Waals surface area (Å²) < 4.78 is 22.6. The summed E-state index contributed by atoms with van der Waals surface area (Å²) >= 11 is 12.0. The van der Waals surface area contributed by atoms with Gasteiger partial charge in [-0.1, -0.05) is 23.2 Å². The monoisotopic (exact) mass is 468 g/mol. The first-order valence-corrected chi connectivity index (χ1v) is 10.9. The van der Waals surface area contributed by atoms with Crippen LogP contribution in [0.5, 0.6) is 17.2 Å². The van der Waals surface area contributed by atoms with Gasteiger partial charge in [-0.2, -0.15) is 0 Å². The van der Waals surface area contributed by atoms with Crippen LogP contribution in [0.1, 0.15) is 13.8 Å². The zero-order valence-electron chi connectivity index (χ0n) is 17.6. The zero-order valence-corrected chi connectivity index (χ0v) is 19.1. The van der Waals surface area contributed by atoms with Crippen LogP contribution in [-0.4, -0.2) is 52.0 Å². The van der Waals surface area contributed by atoms with Crippen LogP contribution in [0.25, 0.3) is 0 Å². The quantitative estimate of drug-likeness (QED) is 0.577. The van der Waals surface area contributed by atoms with Crippen molar-refractivity contribution in [1.82, 2.24) is 0 Å². The molecule has 168 valence electrons. The number of rotatable bonds is 9. The molecule has 7 nitrogen and oxygen atoms in total. The summed E-state index contributed by atoms with van der Waals surface area (Å²) in [6.07, 6.45) is 0. The Labute approximate surface area is 192 Å². The average Bonchev–Trinajstić information content (AvgIpc) is 2.77. The third-order valence-electron chi connectivity index (χ3n) is 4.54. The van der Waals surface area contributed by atoms with Crippen molar-refractivity contribution in [3.8, 4) is 17.2 Å². The average molecular weight is 469 g/mol. The molecular weight excluding hydrogens is 443 g/mol. The van der Waals surface area contributed by atoms with Gasteiger partial charge in [0.2, 0.25) is 0 Å². The first-order chi connectivity index (χ1) is 15.0. The fraction of sp³-hybridized carbons (Fsp3) is 0.409. The highest BCUT2D eigenvalue weighted by Gasteiger charge is 2.20. The van der Waals surface area contributed by atoms with Crippen molar-refractivity contribution in [2.45, 2.75) is 13.8 Å². The summed E-state index contributed by atoms with van der Waals surface area (Å²) in [6.45, 7) is 7.33. The summed E-state index contributed by atoms with van der Waals surface area (Å²) in [6, 6.07) is 8.50. The SMILES string of the molecule is CCOc1cc(N2CCOCC2)c(OCC)cc1NC(=O)COc1cc(Cl)ccc1Cl. The van der Waals surface area contributed by atoms with E-state index in [9.17, 15) is 4.79 Å². The maximum absolute atomic E-state index is 12.6. The van der Waals surface area contributed by atoms with Crippen LogP contribution < -0.4 is 24.4 Å². The Morgan fingerprint density at radius 2 is 1.71 bits per heavy atom. The molecule has 0 aromatic heterocycles. The molecule has 1 fully saturated rings. The second kappa shape index (κ2) is 11.3. The number of nitrogens with zero attached hydrogens (tertiary/aromatic N) is 1. The summed E-state index contributed by atoms with van der Waals surface area (Å²) in [5, 5.41) is 3.69. The summed E-state index contributed by atoms with van der Waals surface area (Å²) in [5.74, 6) is 1.20. The van der Waals surface area contributed by atoms with E-state index in [0.29, 0.717) is 59.4 Å². The minimum atomic E-state index is -0.362. The number of carbonyl (C=O) groups excluding carboxylic acids is 1. The first-order valence-electron chi connectivity index (χ1n) is 10.2. The lowest BCUT2D eigenvalue weighted by molar-refractivity contribution is -0.118. The molecule has 1 aliphatic heterocycles. The third-order valence-corrected chi connectivity index (χ3v) is 5.09. The predicted molar refractivity (Wildman–Crippen MR) is 122 cm³/mol. The fourth-order valence-corrected chi connectivity index (χ4v) is 3.50. The molecule has 0 bridgehead atoms. The molecule has 2 aromatic rings. The number of hydrogen-bond acceptors (Lipinski definition) is 6. The van der Waals surface area contributed by atoms with Gasteiger partial charge in [0.1, 0.15) is 17.2 Å². The van der Waals surface area contributed by atoms with E-state index in [1.54, 1.807) is 24.3 Å². The maximum Gasteiger partial charge on any atom is 0.262 e. The number of benzene rings is 2. The van der Waals surface area contributed by atoms with Crippen molar-refractivity contribution >= 4 is 40.5 Å². The van der Waals surface area contributed by atoms with Crippen LogP contribution in [0.2, 0.25) is 10.0 Å². The molecular formula is C22H26Cl2N2O5. The van der Waals surface area contributed by atoms with Crippen LogP contribution in [0, 0.1) is 0 Å². The lowest BCUT2D eigenvalue weighted by Crippen LogP contribution is -2.36. The molecule has 0 aliphatic carbocycles. The smallest absolute Gasteiger partial charge is 0.262 e. The maximum atomic E-state index is 12.6. The van der Waals surface area contributed by atoms with E-state index < -0.39 is 0 Å². The molecule has 9 heteroatoms. The summed E-state index contributed by atoms with van der Waals surface area (Å²) in [4.78, 5) is 14.7. The Hall–Kier alpha value is -2.35. The third kappa shape index (κ3) is 6.32. The van der Waals surface area contributed by atoms with Crippen LogP contribution in [0.4, 0.5) is 11.4 Å². The highest BCUT2D eigenvalue weighted by atomic mass is 35.5. The normalized spacial score (nSPS) is 13.6. The van der Waals surface area contributed by atoms with Gasteiger partial charge < -0.3 is 29.2 Å². The molecule has 1 N–H and O–H groups in total. The Kier molecular flexibility index (Phi) is 8.51. The van der Waals surface area contributed by atoms with Gasteiger partial charge >= 0.3 is 0 Å². The lowest BCUT2D eigenvalue weighted by Gasteiger charge is -2.31. The number of carbonyl (C=O) groups is 1. The zero-order chi connectivity index (χ0) is 22.2. The largest absolute Gasteiger partial charge is 0.492 e. The van der Waals surface area contributed by atoms with E-state index >= 15 is 0 Å². The predicted octanol–water partition coefficient (Wildman–Crippen LogP) is 4.64. The van der Waals surface area contributed by atoms with Crippen LogP contribution in [0.3, 0.4) is 0 Å². The van der Waals surface area contributed by atoms with Crippen molar-refractivity contribution < 1.29 is 23.7 Å². The van der Waals surface area contributed by atoms with Crippen molar-refractivity contribution in [2.24, 2.45) is 0 Å². The Bertz CT molecular complexity index is 904. The van der Waals surface area contributed by atoms with E-state index in [2.05, 4.69) is 10.2 Å². The molecule has 0 atom stereocenters. The number of halogens is 2. The van der Waals surface area contributed by atoms with Crippen LogP contribution in [-0.2, 0) is 9.53 Å². The van der Waals surface area contributed by atoms with Gasteiger partial charge in [-0.05, 0) is 26.0 Å². The second-order valence-corrected chi connectivity index (χ2v) is 7.54. The topological polar surface area (TPSA) is 69.3 Å². The van der Waals surface area contributed by atoms with Crippen molar-refractivity contribution in [3.05, 3.63) is 40.4 Å². The second-order valence-electron chi connectivity index (χ2n) is 6.69. The van der Waals surface area contributed by atoms with E-state index in [0.717, 1.165) is 18.8 Å². The number of morpholine rings is 1. The summed E-state index contributed by atoms with van der Waals surface area (Å²) in [7, 11) is 0. The lowest BCUT2D eigenvalue weighted by atomic mass is 10.2. The van der Waals surface area contributed by atoms with E-state index in [4.69, 9.17) is 42.1 Å².